The zero-order valence-electron chi connectivity index (χ0n) is 16.7. The number of rotatable bonds is 10. The fraction of sp³-hybridized carbons (Fsp3) is 0.286. The fourth-order valence-electron chi connectivity index (χ4n) is 2.74. The lowest BCUT2D eigenvalue weighted by molar-refractivity contribution is -0.127. The number of para-hydroxylation sites is 2. The molecule has 2 aromatic carbocycles. The maximum absolute atomic E-state index is 12.8. The molecule has 0 aliphatic heterocycles. The molecule has 1 atom stereocenters. The number of carbonyl (C=O) groups excluding carboxylic acids is 2. The van der Waals surface area contributed by atoms with Gasteiger partial charge in [0.2, 0.25) is 5.91 Å². The van der Waals surface area contributed by atoms with E-state index in [-0.39, 0.29) is 18.4 Å². The molecule has 3 aromatic rings. The van der Waals surface area contributed by atoms with Gasteiger partial charge in [0.15, 0.2) is 11.7 Å². The third-order valence-corrected chi connectivity index (χ3v) is 5.79. The molecular formula is C21H23N3O4S2. The topological polar surface area (TPSA) is 89.6 Å². The van der Waals surface area contributed by atoms with Crippen LogP contribution in [0.4, 0.5) is 5.13 Å². The van der Waals surface area contributed by atoms with Crippen LogP contribution in [0.1, 0.15) is 6.42 Å². The molecule has 158 valence electrons. The van der Waals surface area contributed by atoms with Crippen molar-refractivity contribution in [1.29, 1.82) is 0 Å². The minimum absolute atomic E-state index is 0.161. The minimum atomic E-state index is -0.682. The van der Waals surface area contributed by atoms with Gasteiger partial charge in [-0.05, 0) is 42.7 Å². The van der Waals surface area contributed by atoms with E-state index >= 15 is 0 Å². The number of hydrogen-bond donors (Lipinski definition) is 2. The Morgan fingerprint density at radius 3 is 2.70 bits per heavy atom. The molecule has 2 N–H and O–H groups in total. The van der Waals surface area contributed by atoms with E-state index in [0.717, 1.165) is 10.5 Å². The number of nitrogens with one attached hydrogen (secondary N) is 2. The fourth-order valence-corrected chi connectivity index (χ4v) is 4.10. The molecular weight excluding hydrogens is 422 g/mol. The Hall–Kier alpha value is -2.78. The number of carbonyl (C=O) groups is 2. The SMILES string of the molecule is COc1cccc2sc(NC(=O)C(CCSC)NC(=O)COc3ccccc3)nc12. The van der Waals surface area contributed by atoms with Crippen molar-refractivity contribution in [2.45, 2.75) is 12.5 Å². The minimum Gasteiger partial charge on any atom is -0.494 e. The number of fused-ring (bicyclic) bond motifs is 1. The van der Waals surface area contributed by atoms with E-state index in [4.69, 9.17) is 9.47 Å². The summed E-state index contributed by atoms with van der Waals surface area (Å²) in [7, 11) is 1.58. The largest absolute Gasteiger partial charge is 0.494 e. The van der Waals surface area contributed by atoms with Gasteiger partial charge in [-0.15, -0.1) is 0 Å². The van der Waals surface area contributed by atoms with Crippen LogP contribution in [-0.4, -0.2) is 48.6 Å². The average molecular weight is 446 g/mol. The zero-order chi connectivity index (χ0) is 21.3. The molecule has 3 rings (SSSR count). The number of ether oxygens (including phenoxy) is 2. The highest BCUT2D eigenvalue weighted by atomic mass is 32.2. The first-order chi connectivity index (χ1) is 14.6. The van der Waals surface area contributed by atoms with Gasteiger partial charge < -0.3 is 20.1 Å². The van der Waals surface area contributed by atoms with E-state index in [1.807, 2.05) is 42.7 Å². The number of nitrogens with zero attached hydrogens (tertiary/aromatic N) is 1. The molecule has 0 fully saturated rings. The Morgan fingerprint density at radius 2 is 1.97 bits per heavy atom. The normalized spacial score (nSPS) is 11.7. The van der Waals surface area contributed by atoms with Gasteiger partial charge in [0.1, 0.15) is 23.1 Å². The van der Waals surface area contributed by atoms with Crippen LogP contribution >= 0.6 is 23.1 Å². The number of benzene rings is 2. The van der Waals surface area contributed by atoms with E-state index < -0.39 is 6.04 Å². The van der Waals surface area contributed by atoms with Crippen molar-refractivity contribution in [1.82, 2.24) is 10.3 Å². The van der Waals surface area contributed by atoms with Crippen molar-refractivity contribution in [3.05, 3.63) is 48.5 Å². The summed E-state index contributed by atoms with van der Waals surface area (Å²) in [5, 5.41) is 6.04. The third-order valence-electron chi connectivity index (χ3n) is 4.21. The Labute approximate surface area is 183 Å². The van der Waals surface area contributed by atoms with Gasteiger partial charge in [0.05, 0.1) is 11.8 Å². The average Bonchev–Trinajstić information content (AvgIpc) is 3.18. The number of hydrogen-bond acceptors (Lipinski definition) is 7. The number of anilines is 1. The molecule has 0 aliphatic carbocycles. The number of thioether (sulfide) groups is 1. The number of thiazole rings is 1. The molecule has 0 saturated heterocycles. The van der Waals surface area contributed by atoms with Crippen LogP contribution in [0.2, 0.25) is 0 Å². The Bertz CT molecular complexity index is 994. The Kier molecular flexibility index (Phi) is 7.92. The first-order valence-corrected chi connectivity index (χ1v) is 11.5. The van der Waals surface area contributed by atoms with Crippen LogP contribution in [0, 0.1) is 0 Å². The van der Waals surface area contributed by atoms with Crippen LogP contribution in [0.25, 0.3) is 10.2 Å². The van der Waals surface area contributed by atoms with E-state index in [2.05, 4.69) is 15.6 Å². The number of amides is 2. The van der Waals surface area contributed by atoms with Crippen molar-refractivity contribution >= 4 is 50.3 Å². The van der Waals surface area contributed by atoms with Crippen molar-refractivity contribution < 1.29 is 19.1 Å². The second-order valence-corrected chi connectivity index (χ2v) is 8.33. The van der Waals surface area contributed by atoms with Gasteiger partial charge in [-0.25, -0.2) is 4.98 Å². The Morgan fingerprint density at radius 1 is 1.17 bits per heavy atom. The summed E-state index contributed by atoms with van der Waals surface area (Å²) in [6.07, 6.45) is 2.45. The predicted molar refractivity (Wildman–Crippen MR) is 122 cm³/mol. The molecule has 1 unspecified atom stereocenters. The van der Waals surface area contributed by atoms with Gasteiger partial charge >= 0.3 is 0 Å². The van der Waals surface area contributed by atoms with Gasteiger partial charge in [-0.3, -0.25) is 9.59 Å². The number of aromatic nitrogens is 1. The molecule has 7 nitrogen and oxygen atoms in total. The van der Waals surface area contributed by atoms with Crippen LogP contribution in [0.15, 0.2) is 48.5 Å². The smallest absolute Gasteiger partial charge is 0.258 e. The third kappa shape index (κ3) is 5.87. The zero-order valence-corrected chi connectivity index (χ0v) is 18.3. The van der Waals surface area contributed by atoms with Crippen LogP contribution in [0.5, 0.6) is 11.5 Å². The maximum atomic E-state index is 12.8. The van der Waals surface area contributed by atoms with Crippen LogP contribution in [-0.2, 0) is 9.59 Å². The van der Waals surface area contributed by atoms with E-state index in [1.165, 1.54) is 11.3 Å². The number of methoxy groups -OCH3 is 1. The van der Waals surface area contributed by atoms with Crippen molar-refractivity contribution in [3.8, 4) is 11.5 Å². The summed E-state index contributed by atoms with van der Waals surface area (Å²) in [6.45, 7) is -0.161. The predicted octanol–water partition coefficient (Wildman–Crippen LogP) is 3.56. The van der Waals surface area contributed by atoms with Gasteiger partial charge in [0, 0.05) is 0 Å². The molecule has 2 amide bonds. The van der Waals surface area contributed by atoms with E-state index in [9.17, 15) is 9.59 Å². The van der Waals surface area contributed by atoms with E-state index in [0.29, 0.717) is 28.6 Å². The molecule has 0 bridgehead atoms. The summed E-state index contributed by atoms with van der Waals surface area (Å²) in [4.78, 5) is 29.6. The quantitative estimate of drug-likeness (QED) is 0.496. The lowest BCUT2D eigenvalue weighted by Crippen LogP contribution is -2.45. The second-order valence-electron chi connectivity index (χ2n) is 6.32. The first-order valence-electron chi connectivity index (χ1n) is 9.31. The Balaban J connectivity index is 1.63. The van der Waals surface area contributed by atoms with Crippen molar-refractivity contribution in [2.75, 3.05) is 31.0 Å². The summed E-state index contributed by atoms with van der Waals surface area (Å²) in [6, 6.07) is 14.0. The van der Waals surface area contributed by atoms with Gasteiger partial charge in [-0.1, -0.05) is 35.6 Å². The summed E-state index contributed by atoms with van der Waals surface area (Å²) >= 11 is 2.96. The van der Waals surface area contributed by atoms with Crippen molar-refractivity contribution in [3.63, 3.8) is 0 Å². The molecule has 0 saturated carbocycles. The summed E-state index contributed by atoms with van der Waals surface area (Å²) in [5.74, 6) is 1.31. The standard InChI is InChI=1S/C21H23N3O4S2/c1-27-16-9-6-10-17-19(16)23-21(30-17)24-20(26)15(11-12-29-2)22-18(25)13-28-14-7-4-3-5-8-14/h3-10,15H,11-13H2,1-2H3,(H,22,25)(H,23,24,26). The highest BCUT2D eigenvalue weighted by molar-refractivity contribution is 7.98. The van der Waals surface area contributed by atoms with Gasteiger partial charge in [-0.2, -0.15) is 11.8 Å². The van der Waals surface area contributed by atoms with Crippen molar-refractivity contribution in [2.24, 2.45) is 0 Å². The van der Waals surface area contributed by atoms with Crippen LogP contribution in [0.3, 0.4) is 0 Å². The van der Waals surface area contributed by atoms with Gasteiger partial charge in [0.25, 0.3) is 5.91 Å². The molecule has 0 aliphatic rings. The molecule has 1 heterocycles. The first kappa shape index (κ1) is 21.9. The highest BCUT2D eigenvalue weighted by Gasteiger charge is 2.22. The summed E-state index contributed by atoms with van der Waals surface area (Å²) < 4.78 is 11.7. The molecule has 1 aromatic heterocycles. The van der Waals surface area contributed by atoms with Crippen LogP contribution < -0.4 is 20.1 Å². The monoisotopic (exact) mass is 445 g/mol. The lowest BCUT2D eigenvalue weighted by Gasteiger charge is -2.17. The highest BCUT2D eigenvalue weighted by Crippen LogP contribution is 2.32. The molecule has 30 heavy (non-hydrogen) atoms. The molecule has 9 heteroatoms. The summed E-state index contributed by atoms with van der Waals surface area (Å²) in [5.41, 5.74) is 0.696. The van der Waals surface area contributed by atoms with E-state index in [1.54, 1.807) is 31.0 Å². The molecule has 0 radical (unpaired) electrons. The second kappa shape index (κ2) is 10.8. The maximum Gasteiger partial charge on any atom is 0.258 e. The lowest BCUT2D eigenvalue weighted by atomic mass is 10.2. The molecule has 0 spiro atoms.